The van der Waals surface area contributed by atoms with Crippen LogP contribution in [0.25, 0.3) is 38.9 Å². The lowest BCUT2D eigenvalue weighted by Gasteiger charge is -2.08. The van der Waals surface area contributed by atoms with Gasteiger partial charge in [0.15, 0.2) is 0 Å². The van der Waals surface area contributed by atoms with E-state index >= 15 is 0 Å². The number of aromatic nitrogens is 6. The Balaban J connectivity index is 1.88. The molecule has 0 amide bonds. The largest absolute Gasteiger partial charge is 0.395 e. The minimum absolute atomic E-state index is 0.0223. The van der Waals surface area contributed by atoms with E-state index in [9.17, 15) is 9.18 Å². The van der Waals surface area contributed by atoms with Crippen LogP contribution in [0.2, 0.25) is 0 Å². The highest BCUT2D eigenvalue weighted by molar-refractivity contribution is 6.04. The molecule has 1 aromatic carbocycles. The third-order valence-electron chi connectivity index (χ3n) is 5.29. The fraction of sp³-hybridized carbons (Fsp3) is 0.143. The Bertz CT molecular complexity index is 1530. The first-order valence-electron chi connectivity index (χ1n) is 9.28. The standard InChI is InChI=1S/C21H18FN7O/c1-11-6-18(28(3)26-11)29-19-14-7-12(13-8-15(23)20(22)25-9-13)4-5-16(14)24-10-17(19)27(2)21(29)30/h4-10H,23H2,1-3H3. The van der Waals surface area contributed by atoms with Gasteiger partial charge in [0.25, 0.3) is 0 Å². The molecule has 9 heteroatoms. The first-order valence-corrected chi connectivity index (χ1v) is 9.28. The zero-order valence-electron chi connectivity index (χ0n) is 16.6. The summed E-state index contributed by atoms with van der Waals surface area (Å²) in [5, 5.41) is 5.16. The molecule has 0 unspecified atom stereocenters. The monoisotopic (exact) mass is 403 g/mol. The molecule has 0 aliphatic carbocycles. The fourth-order valence-electron chi connectivity index (χ4n) is 3.82. The molecule has 0 atom stereocenters. The van der Waals surface area contributed by atoms with Crippen molar-refractivity contribution in [1.29, 1.82) is 0 Å². The predicted octanol–water partition coefficient (Wildman–Crippen LogP) is 2.70. The van der Waals surface area contributed by atoms with Crippen molar-refractivity contribution in [3.05, 3.63) is 64.9 Å². The minimum atomic E-state index is -0.702. The molecule has 0 bridgehead atoms. The van der Waals surface area contributed by atoms with Gasteiger partial charge in [-0.25, -0.2) is 14.3 Å². The molecule has 5 rings (SSSR count). The van der Waals surface area contributed by atoms with Gasteiger partial charge in [-0.1, -0.05) is 6.07 Å². The maximum absolute atomic E-state index is 13.5. The van der Waals surface area contributed by atoms with Crippen molar-refractivity contribution in [2.24, 2.45) is 14.1 Å². The third kappa shape index (κ3) is 2.52. The number of anilines is 1. The van der Waals surface area contributed by atoms with E-state index in [1.807, 2.05) is 31.2 Å². The van der Waals surface area contributed by atoms with Gasteiger partial charge in [-0.15, -0.1) is 0 Å². The van der Waals surface area contributed by atoms with Gasteiger partial charge in [-0.3, -0.25) is 14.2 Å². The number of hydrogen-bond donors (Lipinski definition) is 1. The lowest BCUT2D eigenvalue weighted by atomic mass is 10.0. The number of rotatable bonds is 2. The number of benzene rings is 1. The van der Waals surface area contributed by atoms with Gasteiger partial charge < -0.3 is 5.73 Å². The molecule has 0 saturated carbocycles. The molecule has 5 aromatic rings. The number of halogens is 1. The highest BCUT2D eigenvalue weighted by atomic mass is 19.1. The van der Waals surface area contributed by atoms with Crippen LogP contribution >= 0.6 is 0 Å². The Kier molecular flexibility index (Phi) is 3.76. The van der Waals surface area contributed by atoms with Crippen molar-refractivity contribution in [1.82, 2.24) is 28.9 Å². The smallest absolute Gasteiger partial charge is 0.334 e. The number of imidazole rings is 1. The van der Waals surface area contributed by atoms with E-state index in [-0.39, 0.29) is 11.4 Å². The van der Waals surface area contributed by atoms with E-state index in [1.165, 1.54) is 6.20 Å². The predicted molar refractivity (Wildman–Crippen MR) is 113 cm³/mol. The van der Waals surface area contributed by atoms with Crippen LogP contribution in [0.15, 0.2) is 47.5 Å². The Morgan fingerprint density at radius 3 is 2.53 bits per heavy atom. The van der Waals surface area contributed by atoms with Crippen molar-refractivity contribution < 1.29 is 4.39 Å². The second-order valence-corrected chi connectivity index (χ2v) is 7.27. The summed E-state index contributed by atoms with van der Waals surface area (Å²) in [7, 11) is 3.52. The van der Waals surface area contributed by atoms with Crippen LogP contribution < -0.4 is 11.4 Å². The molecular weight excluding hydrogens is 385 g/mol. The number of fused-ring (bicyclic) bond motifs is 3. The molecule has 0 aliphatic heterocycles. The lowest BCUT2D eigenvalue weighted by molar-refractivity contribution is 0.589. The number of hydrogen-bond acceptors (Lipinski definition) is 5. The summed E-state index contributed by atoms with van der Waals surface area (Å²) in [4.78, 5) is 21.4. The second-order valence-electron chi connectivity index (χ2n) is 7.27. The number of nitrogens with two attached hydrogens (primary N) is 1. The molecule has 8 nitrogen and oxygen atoms in total. The molecule has 0 radical (unpaired) electrons. The summed E-state index contributed by atoms with van der Waals surface area (Å²) in [6.45, 7) is 1.88. The lowest BCUT2D eigenvalue weighted by Crippen LogP contribution is -2.22. The van der Waals surface area contributed by atoms with Gasteiger partial charge in [-0.2, -0.15) is 9.49 Å². The van der Waals surface area contributed by atoms with Gasteiger partial charge in [-0.05, 0) is 30.7 Å². The van der Waals surface area contributed by atoms with Crippen LogP contribution in [0.4, 0.5) is 10.1 Å². The van der Waals surface area contributed by atoms with E-state index in [0.717, 1.165) is 27.7 Å². The van der Waals surface area contributed by atoms with Crippen LogP contribution in [0.3, 0.4) is 0 Å². The van der Waals surface area contributed by atoms with Crippen molar-refractivity contribution >= 4 is 27.6 Å². The van der Waals surface area contributed by atoms with Crippen LogP contribution in [0, 0.1) is 12.9 Å². The molecule has 4 heterocycles. The quantitative estimate of drug-likeness (QED) is 0.457. The van der Waals surface area contributed by atoms with Gasteiger partial charge in [0.2, 0.25) is 5.95 Å². The van der Waals surface area contributed by atoms with Crippen molar-refractivity contribution in [3.8, 4) is 16.9 Å². The summed E-state index contributed by atoms with van der Waals surface area (Å²) < 4.78 is 18.4. The minimum Gasteiger partial charge on any atom is -0.395 e. The van der Waals surface area contributed by atoms with Gasteiger partial charge in [0.1, 0.15) is 5.82 Å². The topological polar surface area (TPSA) is 96.5 Å². The second kappa shape index (κ2) is 6.24. The number of pyridine rings is 2. The van der Waals surface area contributed by atoms with Crippen LogP contribution in [0.1, 0.15) is 5.69 Å². The van der Waals surface area contributed by atoms with Crippen LogP contribution in [-0.2, 0) is 14.1 Å². The summed E-state index contributed by atoms with van der Waals surface area (Å²) in [6.07, 6.45) is 3.12. The first-order chi connectivity index (χ1) is 14.3. The molecule has 30 heavy (non-hydrogen) atoms. The summed E-state index contributed by atoms with van der Waals surface area (Å²) in [5.74, 6) is -0.0410. The zero-order chi connectivity index (χ0) is 21.2. The molecule has 0 saturated heterocycles. The average Bonchev–Trinajstić information content (AvgIpc) is 3.19. The molecule has 0 spiro atoms. The Hall–Kier alpha value is -4.01. The molecular formula is C21H18FN7O. The summed E-state index contributed by atoms with van der Waals surface area (Å²) in [5.41, 5.74) is 9.90. The van der Waals surface area contributed by atoms with E-state index in [1.54, 1.807) is 40.2 Å². The summed E-state index contributed by atoms with van der Waals surface area (Å²) >= 11 is 0. The number of aryl methyl sites for hydroxylation is 3. The van der Waals surface area contributed by atoms with E-state index in [0.29, 0.717) is 16.9 Å². The van der Waals surface area contributed by atoms with Crippen molar-refractivity contribution in [2.75, 3.05) is 5.73 Å². The fourth-order valence-corrected chi connectivity index (χ4v) is 3.82. The maximum atomic E-state index is 13.5. The van der Waals surface area contributed by atoms with E-state index < -0.39 is 5.95 Å². The SMILES string of the molecule is Cc1cc(-n2c(=O)n(C)c3cnc4ccc(-c5cnc(F)c(N)c5)cc4c32)n(C)n1. The number of nitrogens with zero attached hydrogens (tertiary/aromatic N) is 6. The van der Waals surface area contributed by atoms with Crippen LogP contribution in [0.5, 0.6) is 0 Å². The van der Waals surface area contributed by atoms with Gasteiger partial charge >= 0.3 is 5.69 Å². The van der Waals surface area contributed by atoms with Gasteiger partial charge in [0.05, 0.1) is 34.1 Å². The third-order valence-corrected chi connectivity index (χ3v) is 5.29. The van der Waals surface area contributed by atoms with Gasteiger partial charge in [0, 0.05) is 37.3 Å². The first kappa shape index (κ1) is 18.0. The molecule has 2 N–H and O–H groups in total. The molecule has 0 aliphatic rings. The normalized spacial score (nSPS) is 11.6. The summed E-state index contributed by atoms with van der Waals surface area (Å²) in [6, 6.07) is 9.05. The van der Waals surface area contributed by atoms with Crippen molar-refractivity contribution in [2.45, 2.75) is 6.92 Å². The van der Waals surface area contributed by atoms with Crippen LogP contribution in [-0.4, -0.2) is 28.9 Å². The van der Waals surface area contributed by atoms with E-state index in [4.69, 9.17) is 5.73 Å². The molecule has 0 fully saturated rings. The average molecular weight is 403 g/mol. The zero-order valence-corrected chi connectivity index (χ0v) is 16.6. The Morgan fingerprint density at radius 1 is 1.03 bits per heavy atom. The maximum Gasteiger partial charge on any atom is 0.334 e. The highest BCUT2D eigenvalue weighted by Gasteiger charge is 2.19. The number of nitrogen functional groups attached to an aromatic ring is 1. The Morgan fingerprint density at radius 2 is 1.83 bits per heavy atom. The highest BCUT2D eigenvalue weighted by Crippen LogP contribution is 2.30. The molecule has 4 aromatic heterocycles. The Labute approximate surface area is 170 Å². The van der Waals surface area contributed by atoms with Crippen molar-refractivity contribution in [3.63, 3.8) is 0 Å². The van der Waals surface area contributed by atoms with E-state index in [2.05, 4.69) is 15.1 Å². The molecule has 150 valence electrons.